The van der Waals surface area contributed by atoms with E-state index in [4.69, 9.17) is 4.74 Å². The van der Waals surface area contributed by atoms with Crippen LogP contribution in [0.1, 0.15) is 23.7 Å². The monoisotopic (exact) mass is 245 g/mol. The highest BCUT2D eigenvalue weighted by Gasteiger charge is 2.07. The number of H-pyrrole nitrogens is 1. The number of rotatable bonds is 5. The fraction of sp³-hybridized carbons (Fsp3) is 0.231. The van der Waals surface area contributed by atoms with Crippen molar-refractivity contribution < 1.29 is 9.53 Å². The third kappa shape index (κ3) is 3.10. The molecule has 0 bridgehead atoms. The molecule has 5 nitrogen and oxygen atoms in total. The third-order valence-corrected chi connectivity index (χ3v) is 2.32. The predicted octanol–water partition coefficient (Wildman–Crippen LogP) is 2.45. The van der Waals surface area contributed by atoms with Crippen LogP contribution in [0.15, 0.2) is 36.5 Å². The Morgan fingerprint density at radius 2 is 2.33 bits per heavy atom. The molecule has 1 heterocycles. The minimum Gasteiger partial charge on any atom is -0.494 e. The van der Waals surface area contributed by atoms with E-state index < -0.39 is 0 Å². The van der Waals surface area contributed by atoms with Crippen molar-refractivity contribution in [3.05, 3.63) is 42.1 Å². The van der Waals surface area contributed by atoms with Gasteiger partial charge in [-0.25, -0.2) is 0 Å². The highest BCUT2D eigenvalue weighted by atomic mass is 16.5. The lowest BCUT2D eigenvalue weighted by Crippen LogP contribution is -2.12. The molecule has 2 rings (SSSR count). The minimum absolute atomic E-state index is 0.193. The van der Waals surface area contributed by atoms with Crippen molar-refractivity contribution >= 4 is 11.7 Å². The van der Waals surface area contributed by atoms with Crippen LogP contribution < -0.4 is 10.1 Å². The fourth-order valence-corrected chi connectivity index (χ4v) is 1.47. The van der Waals surface area contributed by atoms with Crippen molar-refractivity contribution in [1.29, 1.82) is 0 Å². The highest BCUT2D eigenvalue weighted by Crippen LogP contribution is 2.14. The van der Waals surface area contributed by atoms with Gasteiger partial charge in [-0.15, -0.1) is 0 Å². The molecule has 0 unspecified atom stereocenters. The van der Waals surface area contributed by atoms with Crippen molar-refractivity contribution in [1.82, 2.24) is 10.2 Å². The average molecular weight is 245 g/mol. The predicted molar refractivity (Wildman–Crippen MR) is 68.8 cm³/mol. The molecule has 1 aromatic heterocycles. The number of anilines is 1. The first-order chi connectivity index (χ1) is 8.79. The van der Waals surface area contributed by atoms with Crippen molar-refractivity contribution in [2.45, 2.75) is 13.3 Å². The molecule has 0 saturated carbocycles. The molecule has 5 heteroatoms. The number of ether oxygens (including phenoxy) is 1. The summed E-state index contributed by atoms with van der Waals surface area (Å²) in [4.78, 5) is 11.9. The Bertz CT molecular complexity index is 509. The van der Waals surface area contributed by atoms with Gasteiger partial charge in [0.2, 0.25) is 0 Å². The Morgan fingerprint density at radius 1 is 1.44 bits per heavy atom. The number of aromatic amines is 1. The van der Waals surface area contributed by atoms with Crippen LogP contribution in [0.5, 0.6) is 5.75 Å². The summed E-state index contributed by atoms with van der Waals surface area (Å²) in [6.07, 6.45) is 2.51. The van der Waals surface area contributed by atoms with Crippen molar-refractivity contribution in [3.8, 4) is 5.75 Å². The van der Waals surface area contributed by atoms with E-state index in [9.17, 15) is 4.79 Å². The van der Waals surface area contributed by atoms with Gasteiger partial charge >= 0.3 is 0 Å². The molecule has 0 fully saturated rings. The van der Waals surface area contributed by atoms with Gasteiger partial charge in [-0.3, -0.25) is 9.89 Å². The topological polar surface area (TPSA) is 67.0 Å². The lowest BCUT2D eigenvalue weighted by atomic mass is 10.2. The average Bonchev–Trinajstić information content (AvgIpc) is 2.89. The second kappa shape index (κ2) is 5.86. The zero-order chi connectivity index (χ0) is 12.8. The van der Waals surface area contributed by atoms with E-state index in [1.54, 1.807) is 30.5 Å². The molecule has 0 aliphatic carbocycles. The number of carbonyl (C=O) groups excluding carboxylic acids is 1. The number of hydrogen-bond acceptors (Lipinski definition) is 3. The van der Waals surface area contributed by atoms with Crippen molar-refractivity contribution in [2.24, 2.45) is 0 Å². The lowest BCUT2D eigenvalue weighted by molar-refractivity contribution is 0.102. The molecule has 18 heavy (non-hydrogen) atoms. The van der Waals surface area contributed by atoms with Crippen LogP contribution in [-0.2, 0) is 0 Å². The Labute approximate surface area is 105 Å². The molecule has 0 spiro atoms. The number of nitrogens with one attached hydrogen (secondary N) is 2. The van der Waals surface area contributed by atoms with Crippen LogP contribution in [0.4, 0.5) is 5.82 Å². The van der Waals surface area contributed by atoms with Gasteiger partial charge in [-0.2, -0.15) is 5.10 Å². The highest BCUT2D eigenvalue weighted by molar-refractivity contribution is 6.03. The number of nitrogens with zero attached hydrogens (tertiary/aromatic N) is 1. The van der Waals surface area contributed by atoms with Gasteiger partial charge in [-0.1, -0.05) is 13.0 Å². The molecule has 1 aromatic carbocycles. The molecule has 0 aliphatic rings. The third-order valence-electron chi connectivity index (χ3n) is 2.32. The van der Waals surface area contributed by atoms with E-state index in [0.29, 0.717) is 23.7 Å². The van der Waals surface area contributed by atoms with Crippen LogP contribution in [0.2, 0.25) is 0 Å². The second-order valence-corrected chi connectivity index (χ2v) is 3.80. The van der Waals surface area contributed by atoms with Crippen LogP contribution in [0.25, 0.3) is 0 Å². The first-order valence-electron chi connectivity index (χ1n) is 5.83. The Hall–Kier alpha value is -2.30. The van der Waals surface area contributed by atoms with E-state index in [-0.39, 0.29) is 5.91 Å². The molecule has 0 atom stereocenters. The van der Waals surface area contributed by atoms with Crippen LogP contribution in [0.3, 0.4) is 0 Å². The van der Waals surface area contributed by atoms with E-state index in [0.717, 1.165) is 6.42 Å². The molecule has 1 amide bonds. The maximum Gasteiger partial charge on any atom is 0.256 e. The molecule has 2 aromatic rings. The van der Waals surface area contributed by atoms with Gasteiger partial charge in [0.05, 0.1) is 12.8 Å². The zero-order valence-corrected chi connectivity index (χ0v) is 10.1. The van der Waals surface area contributed by atoms with Gasteiger partial charge in [0.25, 0.3) is 5.91 Å². The first kappa shape index (κ1) is 12.2. The van der Waals surface area contributed by atoms with E-state index in [1.165, 1.54) is 0 Å². The molecule has 0 saturated heterocycles. The van der Waals surface area contributed by atoms with Gasteiger partial charge in [0, 0.05) is 11.6 Å². The van der Waals surface area contributed by atoms with Crippen LogP contribution >= 0.6 is 0 Å². The summed E-state index contributed by atoms with van der Waals surface area (Å²) in [5, 5.41) is 9.15. The standard InChI is InChI=1S/C13H15N3O2/c1-2-8-18-11-5-3-4-10(9-11)13(17)15-12-6-7-14-16-12/h3-7,9H,2,8H2,1H3,(H2,14,15,16,17). The largest absolute Gasteiger partial charge is 0.494 e. The van der Waals surface area contributed by atoms with Crippen molar-refractivity contribution in [3.63, 3.8) is 0 Å². The summed E-state index contributed by atoms with van der Waals surface area (Å²) in [5.41, 5.74) is 0.554. The summed E-state index contributed by atoms with van der Waals surface area (Å²) in [7, 11) is 0. The van der Waals surface area contributed by atoms with Crippen molar-refractivity contribution in [2.75, 3.05) is 11.9 Å². The quantitative estimate of drug-likeness (QED) is 0.850. The number of hydrogen-bond donors (Lipinski definition) is 2. The number of carbonyl (C=O) groups is 1. The Kier molecular flexibility index (Phi) is 3.96. The van der Waals surface area contributed by atoms with Crippen LogP contribution in [0, 0.1) is 0 Å². The first-order valence-corrected chi connectivity index (χ1v) is 5.83. The number of aromatic nitrogens is 2. The molecule has 94 valence electrons. The number of benzene rings is 1. The second-order valence-electron chi connectivity index (χ2n) is 3.80. The molecule has 2 N–H and O–H groups in total. The summed E-state index contributed by atoms with van der Waals surface area (Å²) >= 11 is 0. The SMILES string of the molecule is CCCOc1cccc(C(=O)Nc2ccn[nH]2)c1. The molecular formula is C13H15N3O2. The van der Waals surface area contributed by atoms with Gasteiger partial charge in [0.15, 0.2) is 0 Å². The normalized spacial score (nSPS) is 10.1. The molecule has 0 aliphatic heterocycles. The van der Waals surface area contributed by atoms with E-state index >= 15 is 0 Å². The minimum atomic E-state index is -0.193. The van der Waals surface area contributed by atoms with E-state index in [1.807, 2.05) is 13.0 Å². The maximum atomic E-state index is 11.9. The molecule has 0 radical (unpaired) electrons. The summed E-state index contributed by atoms with van der Waals surface area (Å²) in [5.74, 6) is 1.08. The Balaban J connectivity index is 2.05. The zero-order valence-electron chi connectivity index (χ0n) is 10.1. The van der Waals surface area contributed by atoms with Crippen LogP contribution in [-0.4, -0.2) is 22.7 Å². The summed E-state index contributed by atoms with van der Waals surface area (Å²) in [6, 6.07) is 8.79. The molecular weight excluding hydrogens is 230 g/mol. The Morgan fingerprint density at radius 3 is 3.06 bits per heavy atom. The van der Waals surface area contributed by atoms with Gasteiger partial charge in [-0.05, 0) is 24.6 Å². The van der Waals surface area contributed by atoms with Gasteiger partial charge in [0.1, 0.15) is 11.6 Å². The smallest absolute Gasteiger partial charge is 0.256 e. The number of amides is 1. The summed E-state index contributed by atoms with van der Waals surface area (Å²) in [6.45, 7) is 2.68. The summed E-state index contributed by atoms with van der Waals surface area (Å²) < 4.78 is 5.48. The maximum absolute atomic E-state index is 11.9. The fourth-order valence-electron chi connectivity index (χ4n) is 1.47. The van der Waals surface area contributed by atoms with E-state index in [2.05, 4.69) is 15.5 Å². The van der Waals surface area contributed by atoms with Gasteiger partial charge < -0.3 is 10.1 Å². The lowest BCUT2D eigenvalue weighted by Gasteiger charge is -2.06.